The topological polar surface area (TPSA) is 27.7 Å². The molecule has 2 fully saturated rings. The summed E-state index contributed by atoms with van der Waals surface area (Å²) < 4.78 is 18.8. The van der Waals surface area contributed by atoms with Crippen LogP contribution in [0.15, 0.2) is 18.2 Å². The van der Waals surface area contributed by atoms with E-state index in [4.69, 9.17) is 14.0 Å². The zero-order chi connectivity index (χ0) is 17.0. The van der Waals surface area contributed by atoms with Crippen LogP contribution in [-0.2, 0) is 14.7 Å². The molecule has 0 amide bonds. The lowest BCUT2D eigenvalue weighted by molar-refractivity contribution is 0.00578. The molecule has 1 saturated heterocycles. The van der Waals surface area contributed by atoms with E-state index in [1.165, 1.54) is 5.56 Å². The highest BCUT2D eigenvalue weighted by atomic mass is 16.7. The van der Waals surface area contributed by atoms with Crippen molar-refractivity contribution < 1.29 is 14.0 Å². The molecule has 1 aliphatic heterocycles. The van der Waals surface area contributed by atoms with E-state index in [2.05, 4.69) is 66.7 Å². The lowest BCUT2D eigenvalue weighted by Crippen LogP contribution is -2.41. The van der Waals surface area contributed by atoms with Gasteiger partial charge in [0, 0.05) is 5.46 Å². The fraction of sp³-hybridized carbons (Fsp3) is 0.684. The molecule has 23 heavy (non-hydrogen) atoms. The maximum atomic E-state index is 6.30. The van der Waals surface area contributed by atoms with Gasteiger partial charge in [0.15, 0.2) is 0 Å². The molecule has 0 bridgehead atoms. The van der Waals surface area contributed by atoms with Gasteiger partial charge >= 0.3 is 7.12 Å². The van der Waals surface area contributed by atoms with Crippen LogP contribution in [0.4, 0.5) is 0 Å². The highest BCUT2D eigenvalue weighted by molar-refractivity contribution is 6.63. The van der Waals surface area contributed by atoms with Gasteiger partial charge in [-0.25, -0.2) is 0 Å². The Morgan fingerprint density at radius 3 is 2.09 bits per heavy atom. The highest BCUT2D eigenvalue weighted by Crippen LogP contribution is 2.39. The first-order valence-electron chi connectivity index (χ1n) is 8.67. The summed E-state index contributed by atoms with van der Waals surface area (Å²) in [5.41, 5.74) is 1.57. The van der Waals surface area contributed by atoms with Crippen molar-refractivity contribution in [2.75, 3.05) is 0 Å². The van der Waals surface area contributed by atoms with Crippen molar-refractivity contribution in [2.24, 2.45) is 0 Å². The third-order valence-corrected chi connectivity index (χ3v) is 5.17. The molecule has 0 atom stereocenters. The summed E-state index contributed by atoms with van der Waals surface area (Å²) in [5.74, 6) is 0.959. The van der Waals surface area contributed by atoms with Gasteiger partial charge in [0.1, 0.15) is 5.75 Å². The Morgan fingerprint density at radius 1 is 1.04 bits per heavy atom. The van der Waals surface area contributed by atoms with Gasteiger partial charge in [-0.05, 0) is 51.5 Å². The predicted molar refractivity (Wildman–Crippen MR) is 94.5 cm³/mol. The minimum absolute atomic E-state index is 0.0177. The fourth-order valence-electron chi connectivity index (χ4n) is 2.79. The largest absolute Gasteiger partial charge is 0.498 e. The van der Waals surface area contributed by atoms with E-state index in [-0.39, 0.29) is 23.7 Å². The zero-order valence-corrected chi connectivity index (χ0v) is 15.5. The second-order valence-corrected chi connectivity index (χ2v) is 8.88. The lowest BCUT2D eigenvalue weighted by atomic mass is 9.74. The summed E-state index contributed by atoms with van der Waals surface area (Å²) in [6.07, 6.45) is 2.63. The Kier molecular flexibility index (Phi) is 3.85. The van der Waals surface area contributed by atoms with Crippen LogP contribution in [0.2, 0.25) is 0 Å². The molecule has 1 saturated carbocycles. The third kappa shape index (κ3) is 3.16. The minimum atomic E-state index is -0.379. The molecule has 0 N–H and O–H groups in total. The Bertz CT molecular complexity index is 581. The molecule has 0 spiro atoms. The van der Waals surface area contributed by atoms with Gasteiger partial charge in [-0.1, -0.05) is 39.0 Å². The Labute approximate surface area is 140 Å². The van der Waals surface area contributed by atoms with Crippen LogP contribution in [0.1, 0.15) is 66.9 Å². The summed E-state index contributed by atoms with van der Waals surface area (Å²) in [4.78, 5) is 0. The average molecular weight is 316 g/mol. The van der Waals surface area contributed by atoms with Gasteiger partial charge in [-0.2, -0.15) is 0 Å². The van der Waals surface area contributed by atoms with E-state index in [0.29, 0.717) is 6.10 Å². The Hall–Kier alpha value is -0.995. The van der Waals surface area contributed by atoms with Crippen molar-refractivity contribution in [3.8, 4) is 5.75 Å². The third-order valence-electron chi connectivity index (χ3n) is 5.17. The van der Waals surface area contributed by atoms with E-state index < -0.39 is 0 Å². The van der Waals surface area contributed by atoms with Gasteiger partial charge in [0.2, 0.25) is 0 Å². The number of rotatable bonds is 3. The highest BCUT2D eigenvalue weighted by Gasteiger charge is 2.53. The first-order valence-corrected chi connectivity index (χ1v) is 8.67. The predicted octanol–water partition coefficient (Wildman–Crippen LogP) is 3.82. The van der Waals surface area contributed by atoms with E-state index in [1.54, 1.807) is 0 Å². The number of para-hydroxylation sites is 1. The Balaban J connectivity index is 2.02. The quantitative estimate of drug-likeness (QED) is 0.793. The van der Waals surface area contributed by atoms with Crippen LogP contribution >= 0.6 is 0 Å². The van der Waals surface area contributed by atoms with Gasteiger partial charge in [-0.15, -0.1) is 0 Å². The molecule has 126 valence electrons. The molecule has 2 aliphatic rings. The number of benzene rings is 1. The maximum Gasteiger partial charge on any atom is 0.498 e. The van der Waals surface area contributed by atoms with E-state index in [1.807, 2.05) is 0 Å². The first-order chi connectivity index (χ1) is 10.5. The second kappa shape index (κ2) is 5.25. The van der Waals surface area contributed by atoms with Gasteiger partial charge in [0.05, 0.1) is 17.3 Å². The zero-order valence-electron chi connectivity index (χ0n) is 15.5. The van der Waals surface area contributed by atoms with Crippen molar-refractivity contribution in [1.82, 2.24) is 0 Å². The van der Waals surface area contributed by atoms with Crippen LogP contribution in [-0.4, -0.2) is 24.4 Å². The van der Waals surface area contributed by atoms with E-state index in [9.17, 15) is 0 Å². The molecule has 3 nitrogen and oxygen atoms in total. The number of hydrogen-bond acceptors (Lipinski definition) is 3. The molecular formula is C19H29BO3. The normalized spacial score (nSPS) is 23.2. The summed E-state index contributed by atoms with van der Waals surface area (Å²) in [7, 11) is -0.379. The lowest BCUT2D eigenvalue weighted by Gasteiger charge is -2.32. The molecule has 0 unspecified atom stereocenters. The molecular weight excluding hydrogens is 287 g/mol. The van der Waals surface area contributed by atoms with E-state index in [0.717, 1.165) is 24.1 Å². The van der Waals surface area contributed by atoms with E-state index >= 15 is 0 Å². The summed E-state index contributed by atoms with van der Waals surface area (Å²) in [6, 6.07) is 6.32. The maximum absolute atomic E-state index is 6.30. The van der Waals surface area contributed by atoms with Gasteiger partial charge < -0.3 is 14.0 Å². The average Bonchev–Trinajstić information content (AvgIpc) is 3.16. The molecule has 1 aliphatic carbocycles. The van der Waals surface area contributed by atoms with Crippen LogP contribution in [0.5, 0.6) is 5.75 Å². The number of hydrogen-bond donors (Lipinski definition) is 0. The van der Waals surface area contributed by atoms with Crippen LogP contribution < -0.4 is 10.2 Å². The van der Waals surface area contributed by atoms with Crippen molar-refractivity contribution in [3.63, 3.8) is 0 Å². The smallest absolute Gasteiger partial charge is 0.490 e. The molecule has 0 radical (unpaired) electrons. The van der Waals surface area contributed by atoms with Crippen LogP contribution in [0, 0.1) is 0 Å². The summed E-state index contributed by atoms with van der Waals surface area (Å²) in [5, 5.41) is 0. The van der Waals surface area contributed by atoms with Crippen molar-refractivity contribution in [2.45, 2.75) is 84.0 Å². The molecule has 1 aromatic carbocycles. The van der Waals surface area contributed by atoms with Crippen LogP contribution in [0.25, 0.3) is 0 Å². The fourth-order valence-corrected chi connectivity index (χ4v) is 2.79. The Morgan fingerprint density at radius 2 is 1.61 bits per heavy atom. The molecule has 1 aromatic rings. The van der Waals surface area contributed by atoms with Crippen molar-refractivity contribution >= 4 is 12.6 Å². The molecule has 4 heteroatoms. The monoisotopic (exact) mass is 316 g/mol. The van der Waals surface area contributed by atoms with Gasteiger partial charge in [0.25, 0.3) is 0 Å². The summed E-state index contributed by atoms with van der Waals surface area (Å²) in [6.45, 7) is 15.0. The summed E-state index contributed by atoms with van der Waals surface area (Å²) >= 11 is 0. The molecule has 0 aromatic heterocycles. The first kappa shape index (κ1) is 16.8. The standard InChI is InChI=1S/C19H29BO3/c1-17(2,3)14-9-8-10-15(16(14)21-13-11-12-13)20-22-18(4,5)19(6,7)23-20/h8-10,13H,11-12H2,1-7H3. The molecule has 3 rings (SSSR count). The van der Waals surface area contributed by atoms with Crippen molar-refractivity contribution in [3.05, 3.63) is 23.8 Å². The van der Waals surface area contributed by atoms with Gasteiger partial charge in [-0.3, -0.25) is 0 Å². The SMILES string of the molecule is CC(C)(C)c1cccc(B2OC(C)(C)C(C)(C)O2)c1OC1CC1. The second-order valence-electron chi connectivity index (χ2n) is 8.88. The van der Waals surface area contributed by atoms with Crippen LogP contribution in [0.3, 0.4) is 0 Å². The number of ether oxygens (including phenoxy) is 1. The molecule has 1 heterocycles. The minimum Gasteiger partial charge on any atom is -0.490 e. The van der Waals surface area contributed by atoms with Crippen molar-refractivity contribution in [1.29, 1.82) is 0 Å².